The summed E-state index contributed by atoms with van der Waals surface area (Å²) in [6.45, 7) is 3.78. The van der Waals surface area contributed by atoms with Crippen LogP contribution < -0.4 is 5.32 Å². The Morgan fingerprint density at radius 3 is 1.62 bits per heavy atom. The van der Waals surface area contributed by atoms with Crippen molar-refractivity contribution < 1.29 is 39.8 Å². The van der Waals surface area contributed by atoms with E-state index in [0.717, 1.165) is 57.8 Å². The third kappa shape index (κ3) is 25.1. The molecule has 0 aromatic rings. The number of allylic oxidation sites excluding steroid dienone is 2. The molecule has 9 nitrogen and oxygen atoms in total. The first-order valence-electron chi connectivity index (χ1n) is 21.9. The van der Waals surface area contributed by atoms with Gasteiger partial charge in [-0.15, -0.1) is 0 Å². The zero-order valence-electron chi connectivity index (χ0n) is 33.6. The first-order chi connectivity index (χ1) is 25.3. The van der Waals surface area contributed by atoms with Crippen molar-refractivity contribution in [3.05, 3.63) is 12.2 Å². The van der Waals surface area contributed by atoms with Crippen molar-refractivity contribution in [1.29, 1.82) is 0 Å². The highest BCUT2D eigenvalue weighted by atomic mass is 16.7. The van der Waals surface area contributed by atoms with Gasteiger partial charge in [-0.25, -0.2) is 0 Å². The number of ether oxygens (including phenoxy) is 2. The number of aliphatic hydroxyl groups is 5. The molecule has 9 heteroatoms. The van der Waals surface area contributed by atoms with Crippen molar-refractivity contribution in [2.24, 2.45) is 0 Å². The molecule has 1 heterocycles. The van der Waals surface area contributed by atoms with E-state index in [1.807, 2.05) is 0 Å². The third-order valence-corrected chi connectivity index (χ3v) is 10.6. The molecule has 1 rings (SSSR count). The SMILES string of the molecule is CCCC/C=C\CCCCCCC(=O)NC(COC1OC(CO)C(O)C(O)C1O)C(O)CCCCCCCCCCCCCCCCCCCCC. The van der Waals surface area contributed by atoms with Crippen molar-refractivity contribution in [2.45, 2.75) is 243 Å². The molecule has 0 aliphatic carbocycles. The Labute approximate surface area is 318 Å². The van der Waals surface area contributed by atoms with Crippen LogP contribution in [0, 0.1) is 0 Å². The Kier molecular flexibility index (Phi) is 32.4. The topological polar surface area (TPSA) is 149 Å². The first kappa shape index (κ1) is 48.9. The van der Waals surface area contributed by atoms with Crippen molar-refractivity contribution in [1.82, 2.24) is 5.32 Å². The van der Waals surface area contributed by atoms with Crippen LogP contribution in [-0.2, 0) is 14.3 Å². The van der Waals surface area contributed by atoms with Crippen LogP contribution in [0.25, 0.3) is 0 Å². The van der Waals surface area contributed by atoms with E-state index in [1.54, 1.807) is 0 Å². The number of aliphatic hydroxyl groups excluding tert-OH is 5. The number of unbranched alkanes of at least 4 members (excludes halogenated alkanes) is 24. The van der Waals surface area contributed by atoms with E-state index in [2.05, 4.69) is 31.3 Å². The molecule has 308 valence electrons. The first-order valence-corrected chi connectivity index (χ1v) is 21.9. The van der Waals surface area contributed by atoms with Gasteiger partial charge in [-0.05, 0) is 32.1 Å². The van der Waals surface area contributed by atoms with E-state index in [0.29, 0.717) is 12.8 Å². The van der Waals surface area contributed by atoms with Gasteiger partial charge in [0.15, 0.2) is 6.29 Å². The number of hydrogen-bond donors (Lipinski definition) is 6. The van der Waals surface area contributed by atoms with Crippen molar-refractivity contribution in [2.75, 3.05) is 13.2 Å². The predicted octanol–water partition coefficient (Wildman–Crippen LogP) is 8.56. The summed E-state index contributed by atoms with van der Waals surface area (Å²) in [6, 6.07) is -0.719. The molecule has 0 spiro atoms. The van der Waals surface area contributed by atoms with Crippen LogP contribution in [0.15, 0.2) is 12.2 Å². The summed E-state index contributed by atoms with van der Waals surface area (Å²) in [7, 11) is 0. The van der Waals surface area contributed by atoms with Crippen LogP contribution in [0.5, 0.6) is 0 Å². The Hall–Kier alpha value is -1.07. The summed E-state index contributed by atoms with van der Waals surface area (Å²) in [5.41, 5.74) is 0. The van der Waals surface area contributed by atoms with Gasteiger partial charge in [0.25, 0.3) is 0 Å². The molecular formula is C43H83NO8. The molecule has 6 N–H and O–H groups in total. The molecule has 1 amide bonds. The molecule has 0 radical (unpaired) electrons. The van der Waals surface area contributed by atoms with Crippen molar-refractivity contribution in [3.8, 4) is 0 Å². The smallest absolute Gasteiger partial charge is 0.220 e. The minimum Gasteiger partial charge on any atom is -0.394 e. The molecule has 52 heavy (non-hydrogen) atoms. The standard InChI is InChI=1S/C43H83NO8/c1-3-5-7-9-11-13-15-16-17-18-19-20-21-22-23-24-26-28-30-32-37(46)36(35-51-43-42(50)41(49)40(48)38(34-45)52-43)44-39(47)33-31-29-27-25-14-12-10-8-6-4-2/h10,12,36-38,40-43,45-46,48-50H,3-9,11,13-35H2,1-2H3,(H,44,47)/b12-10-. The van der Waals surface area contributed by atoms with Crippen LogP contribution in [0.1, 0.15) is 200 Å². The minimum absolute atomic E-state index is 0.140. The van der Waals surface area contributed by atoms with Gasteiger partial charge in [0.05, 0.1) is 25.4 Å². The molecular weight excluding hydrogens is 658 g/mol. The molecule has 1 fully saturated rings. The summed E-state index contributed by atoms with van der Waals surface area (Å²) < 4.78 is 11.2. The zero-order chi connectivity index (χ0) is 38.1. The number of carbonyl (C=O) groups excluding carboxylic acids is 1. The van der Waals surface area contributed by atoms with Crippen molar-refractivity contribution in [3.63, 3.8) is 0 Å². The lowest BCUT2D eigenvalue weighted by Gasteiger charge is -2.40. The molecule has 1 aliphatic rings. The van der Waals surface area contributed by atoms with Gasteiger partial charge in [0.1, 0.15) is 24.4 Å². The minimum atomic E-state index is -1.55. The molecule has 0 saturated carbocycles. The Balaban J connectivity index is 2.31. The van der Waals surface area contributed by atoms with Gasteiger partial charge in [0.2, 0.25) is 5.91 Å². The second kappa shape index (κ2) is 34.4. The van der Waals surface area contributed by atoms with E-state index in [9.17, 15) is 30.3 Å². The zero-order valence-corrected chi connectivity index (χ0v) is 33.6. The predicted molar refractivity (Wildman–Crippen MR) is 212 cm³/mol. The fourth-order valence-corrected chi connectivity index (χ4v) is 7.02. The third-order valence-electron chi connectivity index (χ3n) is 10.6. The summed E-state index contributed by atoms with van der Waals surface area (Å²) in [4.78, 5) is 12.9. The molecule has 0 aromatic heterocycles. The van der Waals surface area contributed by atoms with Crippen LogP contribution in [-0.4, -0.2) is 87.5 Å². The second-order valence-electron chi connectivity index (χ2n) is 15.5. The number of hydrogen-bond acceptors (Lipinski definition) is 8. The lowest BCUT2D eigenvalue weighted by Crippen LogP contribution is -2.60. The molecule has 0 aromatic carbocycles. The highest BCUT2D eigenvalue weighted by Gasteiger charge is 2.44. The normalized spacial score (nSPS) is 21.9. The van der Waals surface area contributed by atoms with E-state index in [1.165, 1.54) is 116 Å². The molecule has 0 bridgehead atoms. The number of carbonyl (C=O) groups is 1. The maximum Gasteiger partial charge on any atom is 0.220 e. The number of nitrogens with one attached hydrogen (secondary N) is 1. The van der Waals surface area contributed by atoms with Crippen LogP contribution in [0.2, 0.25) is 0 Å². The maximum atomic E-state index is 12.9. The average molecular weight is 742 g/mol. The molecule has 1 aliphatic heterocycles. The Morgan fingerprint density at radius 2 is 1.10 bits per heavy atom. The van der Waals surface area contributed by atoms with Gasteiger partial charge in [-0.2, -0.15) is 0 Å². The van der Waals surface area contributed by atoms with Crippen LogP contribution in [0.3, 0.4) is 0 Å². The molecule has 7 unspecified atom stereocenters. The van der Waals surface area contributed by atoms with Gasteiger partial charge < -0.3 is 40.3 Å². The highest BCUT2D eigenvalue weighted by Crippen LogP contribution is 2.23. The lowest BCUT2D eigenvalue weighted by atomic mass is 9.99. The summed E-state index contributed by atoms with van der Waals surface area (Å²) in [5.74, 6) is -0.158. The average Bonchev–Trinajstić information content (AvgIpc) is 3.14. The fourth-order valence-electron chi connectivity index (χ4n) is 7.02. The Morgan fingerprint density at radius 1 is 0.635 bits per heavy atom. The van der Waals surface area contributed by atoms with E-state index in [4.69, 9.17) is 9.47 Å². The summed E-state index contributed by atoms with van der Waals surface area (Å²) in [5, 5.41) is 54.2. The monoisotopic (exact) mass is 742 g/mol. The largest absolute Gasteiger partial charge is 0.394 e. The summed E-state index contributed by atoms with van der Waals surface area (Å²) >= 11 is 0. The molecule has 1 saturated heterocycles. The van der Waals surface area contributed by atoms with Crippen molar-refractivity contribution >= 4 is 5.91 Å². The van der Waals surface area contributed by atoms with Gasteiger partial charge in [-0.3, -0.25) is 4.79 Å². The summed E-state index contributed by atoms with van der Waals surface area (Å²) in [6.07, 6.45) is 30.8. The van der Waals surface area contributed by atoms with E-state index < -0.39 is 49.5 Å². The van der Waals surface area contributed by atoms with E-state index in [-0.39, 0.29) is 12.5 Å². The van der Waals surface area contributed by atoms with Gasteiger partial charge in [0, 0.05) is 6.42 Å². The quantitative estimate of drug-likeness (QED) is 0.0277. The number of amides is 1. The molecule has 7 atom stereocenters. The van der Waals surface area contributed by atoms with Gasteiger partial charge in [-0.1, -0.05) is 174 Å². The van der Waals surface area contributed by atoms with Gasteiger partial charge >= 0.3 is 0 Å². The Bertz CT molecular complexity index is 827. The fraction of sp³-hybridized carbons (Fsp3) is 0.930. The lowest BCUT2D eigenvalue weighted by molar-refractivity contribution is -0.302. The number of rotatable bonds is 36. The maximum absolute atomic E-state index is 12.9. The second-order valence-corrected chi connectivity index (χ2v) is 15.5. The highest BCUT2D eigenvalue weighted by molar-refractivity contribution is 5.76. The van der Waals surface area contributed by atoms with E-state index >= 15 is 0 Å². The van der Waals surface area contributed by atoms with Crippen LogP contribution >= 0.6 is 0 Å². The van der Waals surface area contributed by atoms with Crippen LogP contribution in [0.4, 0.5) is 0 Å².